The molecule has 170 valence electrons. The number of hydrogen-bond acceptors (Lipinski definition) is 9. The molecule has 0 amide bonds. The number of nitrogens with one attached hydrogen (secondary N) is 1. The van der Waals surface area contributed by atoms with Crippen molar-refractivity contribution < 1.29 is 23.5 Å². The van der Waals surface area contributed by atoms with Crippen LogP contribution in [0.3, 0.4) is 0 Å². The van der Waals surface area contributed by atoms with Crippen molar-refractivity contribution in [3.05, 3.63) is 69.4 Å². The third kappa shape index (κ3) is 4.07. The van der Waals surface area contributed by atoms with Crippen molar-refractivity contribution in [1.29, 1.82) is 0 Å². The molecule has 3 aromatic heterocycles. The number of nitrogen functional groups attached to an aromatic ring is 1. The fourth-order valence-electron chi connectivity index (χ4n) is 3.43. The highest BCUT2D eigenvalue weighted by Crippen LogP contribution is 2.29. The van der Waals surface area contributed by atoms with Crippen LogP contribution in [0.25, 0.3) is 16.8 Å². The molecule has 0 saturated heterocycles. The third-order valence-corrected chi connectivity index (χ3v) is 4.94. The van der Waals surface area contributed by atoms with E-state index < -0.39 is 11.9 Å². The molecular weight excluding hydrogens is 430 g/mol. The predicted molar refractivity (Wildman–Crippen MR) is 117 cm³/mol. The predicted octanol–water partition coefficient (Wildman–Crippen LogP) is 2.43. The van der Waals surface area contributed by atoms with Gasteiger partial charge in [-0.1, -0.05) is 0 Å². The molecule has 4 aromatic rings. The average Bonchev–Trinajstić information content (AvgIpc) is 3.30. The zero-order valence-corrected chi connectivity index (χ0v) is 18.2. The van der Waals surface area contributed by atoms with Crippen LogP contribution in [0.15, 0.2) is 39.7 Å². The summed E-state index contributed by atoms with van der Waals surface area (Å²) in [6, 6.07) is 6.39. The number of carbonyl (C=O) groups is 2. The van der Waals surface area contributed by atoms with Crippen LogP contribution >= 0.6 is 0 Å². The minimum atomic E-state index is -0.607. The number of rotatable bonds is 6. The van der Waals surface area contributed by atoms with E-state index in [1.54, 1.807) is 51.2 Å². The molecule has 3 heterocycles. The van der Waals surface area contributed by atoms with E-state index >= 15 is 0 Å². The summed E-state index contributed by atoms with van der Waals surface area (Å²) in [6.07, 6.45) is 1.60. The molecule has 0 saturated carbocycles. The highest BCUT2D eigenvalue weighted by Gasteiger charge is 2.24. The number of furan rings is 1. The molecule has 33 heavy (non-hydrogen) atoms. The number of H-pyrrole nitrogens is 1. The molecule has 0 atom stereocenters. The van der Waals surface area contributed by atoms with Gasteiger partial charge in [0.2, 0.25) is 5.71 Å². The summed E-state index contributed by atoms with van der Waals surface area (Å²) < 4.78 is 17.4. The van der Waals surface area contributed by atoms with E-state index in [-0.39, 0.29) is 52.8 Å². The molecule has 11 nitrogen and oxygen atoms in total. The minimum absolute atomic E-state index is 0.0163. The first-order chi connectivity index (χ1) is 15.8. The number of carbonyl (C=O) groups excluding carboxylic acids is 2. The first-order valence-electron chi connectivity index (χ1n) is 10.1. The number of aromatic amines is 1. The maximum atomic E-state index is 12.4. The van der Waals surface area contributed by atoms with E-state index in [9.17, 15) is 14.4 Å². The molecule has 3 N–H and O–H groups in total. The van der Waals surface area contributed by atoms with Crippen LogP contribution in [0.5, 0.6) is 0 Å². The number of fused-ring (bicyclic) bond motifs is 1. The van der Waals surface area contributed by atoms with Crippen LogP contribution in [0.2, 0.25) is 0 Å². The third-order valence-electron chi connectivity index (χ3n) is 4.94. The fraction of sp³-hybridized carbons (Fsp3) is 0.227. The van der Waals surface area contributed by atoms with Gasteiger partial charge in [0, 0.05) is 11.9 Å². The summed E-state index contributed by atoms with van der Waals surface area (Å²) in [5.41, 5.74) is 7.66. The van der Waals surface area contributed by atoms with Gasteiger partial charge in [-0.3, -0.25) is 4.57 Å². The number of benzene rings is 1. The van der Waals surface area contributed by atoms with E-state index in [1.807, 2.05) is 0 Å². The van der Waals surface area contributed by atoms with E-state index in [2.05, 4.69) is 15.0 Å². The summed E-state index contributed by atoms with van der Waals surface area (Å²) in [6.45, 7) is 5.02. The van der Waals surface area contributed by atoms with E-state index in [4.69, 9.17) is 19.6 Å². The van der Waals surface area contributed by atoms with Gasteiger partial charge in [0.25, 0.3) is 0 Å². The van der Waals surface area contributed by atoms with Crippen molar-refractivity contribution in [1.82, 2.24) is 19.5 Å². The molecule has 0 fully saturated rings. The molecule has 4 rings (SSSR count). The maximum Gasteiger partial charge on any atom is 0.342 e. The second kappa shape index (κ2) is 8.61. The summed E-state index contributed by atoms with van der Waals surface area (Å²) >= 11 is 0. The topological polar surface area (TPSA) is 155 Å². The number of aryl methyl sites for hydroxylation is 2. The first kappa shape index (κ1) is 21.8. The number of nitrogens with two attached hydrogens (primary N) is 1. The lowest BCUT2D eigenvalue weighted by Gasteiger charge is -2.07. The standard InChI is InChI=1S/C22H21N5O6/c1-4-31-21(29)16-12(3)33-19-17(16)18(23)25-15(26-19)10-32-20(28)13-5-7-14(8-6-13)27-11(2)9-24-22(27)30/h5-9H,4,10H2,1-3H3,(H,24,30)(H2,23,25,26). The maximum absolute atomic E-state index is 12.4. The van der Waals surface area contributed by atoms with Crippen LogP contribution in [0.4, 0.5) is 5.82 Å². The molecule has 0 aliphatic rings. The summed E-state index contributed by atoms with van der Waals surface area (Å²) in [7, 11) is 0. The number of esters is 2. The molecule has 0 spiro atoms. The lowest BCUT2D eigenvalue weighted by Crippen LogP contribution is -2.16. The van der Waals surface area contributed by atoms with Crippen LogP contribution in [-0.2, 0) is 16.1 Å². The second-order valence-corrected chi connectivity index (χ2v) is 7.15. The molecule has 11 heteroatoms. The molecular formula is C22H21N5O6. The number of hydrogen-bond donors (Lipinski definition) is 2. The van der Waals surface area contributed by atoms with Gasteiger partial charge in [-0.15, -0.1) is 0 Å². The lowest BCUT2D eigenvalue weighted by atomic mass is 10.2. The molecule has 0 aliphatic carbocycles. The Kier molecular flexibility index (Phi) is 5.69. The lowest BCUT2D eigenvalue weighted by molar-refractivity contribution is 0.0461. The number of aromatic nitrogens is 4. The van der Waals surface area contributed by atoms with Gasteiger partial charge in [0.15, 0.2) is 12.4 Å². The van der Waals surface area contributed by atoms with Gasteiger partial charge in [0.05, 0.1) is 23.2 Å². The number of imidazole rings is 1. The van der Waals surface area contributed by atoms with Gasteiger partial charge in [0.1, 0.15) is 17.1 Å². The smallest absolute Gasteiger partial charge is 0.342 e. The Bertz CT molecular complexity index is 1410. The van der Waals surface area contributed by atoms with Crippen LogP contribution < -0.4 is 11.4 Å². The van der Waals surface area contributed by atoms with Crippen LogP contribution in [0.1, 0.15) is 44.9 Å². The van der Waals surface area contributed by atoms with Crippen molar-refractivity contribution >= 4 is 28.9 Å². The zero-order valence-electron chi connectivity index (χ0n) is 18.2. The van der Waals surface area contributed by atoms with E-state index in [1.165, 1.54) is 4.57 Å². The van der Waals surface area contributed by atoms with E-state index in [0.717, 1.165) is 5.69 Å². The van der Waals surface area contributed by atoms with E-state index in [0.29, 0.717) is 11.4 Å². The minimum Gasteiger partial charge on any atom is -0.462 e. The highest BCUT2D eigenvalue weighted by atomic mass is 16.5. The quantitative estimate of drug-likeness (QED) is 0.420. The molecule has 0 unspecified atom stereocenters. The molecule has 1 aromatic carbocycles. The summed E-state index contributed by atoms with van der Waals surface area (Å²) in [4.78, 5) is 47.5. The van der Waals surface area contributed by atoms with Gasteiger partial charge in [-0.05, 0) is 45.0 Å². The zero-order chi connectivity index (χ0) is 23.7. The molecule has 0 aliphatic heterocycles. The monoisotopic (exact) mass is 451 g/mol. The number of nitrogens with zero attached hydrogens (tertiary/aromatic N) is 3. The Labute approximate surface area is 187 Å². The first-order valence-corrected chi connectivity index (χ1v) is 10.1. The van der Waals surface area contributed by atoms with Crippen LogP contribution in [0, 0.1) is 13.8 Å². The highest BCUT2D eigenvalue weighted by molar-refractivity contribution is 6.07. The van der Waals surface area contributed by atoms with Crippen molar-refractivity contribution in [3.63, 3.8) is 0 Å². The van der Waals surface area contributed by atoms with Crippen LogP contribution in [-0.4, -0.2) is 38.1 Å². The average molecular weight is 451 g/mol. The summed E-state index contributed by atoms with van der Waals surface area (Å²) in [5.74, 6) is -0.754. The SMILES string of the molecule is CCOC(=O)c1c(C)oc2nc(COC(=O)c3ccc(-n4c(C)c[nH]c4=O)cc3)nc(N)c12. The molecule has 0 radical (unpaired) electrons. The Morgan fingerprint density at radius 2 is 1.85 bits per heavy atom. The number of anilines is 1. The van der Waals surface area contributed by atoms with Crippen molar-refractivity contribution in [2.24, 2.45) is 0 Å². The van der Waals surface area contributed by atoms with Crippen molar-refractivity contribution in [2.45, 2.75) is 27.4 Å². The normalized spacial score (nSPS) is 11.0. The van der Waals surface area contributed by atoms with Crippen molar-refractivity contribution in [3.8, 4) is 5.69 Å². The Morgan fingerprint density at radius 3 is 2.48 bits per heavy atom. The second-order valence-electron chi connectivity index (χ2n) is 7.15. The van der Waals surface area contributed by atoms with Gasteiger partial charge < -0.3 is 24.6 Å². The Morgan fingerprint density at radius 1 is 1.12 bits per heavy atom. The largest absolute Gasteiger partial charge is 0.462 e. The fourth-order valence-corrected chi connectivity index (χ4v) is 3.43. The Balaban J connectivity index is 1.51. The van der Waals surface area contributed by atoms with Gasteiger partial charge >= 0.3 is 17.6 Å². The van der Waals surface area contributed by atoms with Crippen molar-refractivity contribution in [2.75, 3.05) is 12.3 Å². The summed E-state index contributed by atoms with van der Waals surface area (Å²) in [5, 5.41) is 0.256. The van der Waals surface area contributed by atoms with Gasteiger partial charge in [-0.25, -0.2) is 19.4 Å². The Hall–Kier alpha value is -4.41. The van der Waals surface area contributed by atoms with Gasteiger partial charge in [-0.2, -0.15) is 4.98 Å². The number of ether oxygens (including phenoxy) is 2. The molecule has 0 bridgehead atoms.